The van der Waals surface area contributed by atoms with E-state index in [1.54, 1.807) is 49.0 Å². The summed E-state index contributed by atoms with van der Waals surface area (Å²) in [7, 11) is 0. The Labute approximate surface area is 270 Å². The van der Waals surface area contributed by atoms with E-state index in [0.29, 0.717) is 16.6 Å². The van der Waals surface area contributed by atoms with E-state index in [2.05, 4.69) is 31.2 Å². The number of fused-ring (bicyclic) bond motifs is 6. The molecule has 2 aliphatic heterocycles. The number of carbonyl (C=O) groups excluding carboxylic acids is 4. The molecule has 4 aromatic rings. The number of hydrogen-bond donors (Lipinski definition) is 3. The maximum Gasteiger partial charge on any atom is 0.261 e. The summed E-state index contributed by atoms with van der Waals surface area (Å²) in [5.41, 5.74) is 1.67. The van der Waals surface area contributed by atoms with Crippen molar-refractivity contribution < 1.29 is 19.2 Å². The van der Waals surface area contributed by atoms with Crippen molar-refractivity contribution in [2.45, 2.75) is 70.4 Å². The molecule has 14 heteroatoms. The first-order chi connectivity index (χ1) is 22.7. The Kier molecular flexibility index (Phi) is 9.09. The van der Waals surface area contributed by atoms with Gasteiger partial charge in [0.2, 0.25) is 23.6 Å². The molecule has 4 bridgehead atoms. The molecule has 6 rings (SSSR count). The summed E-state index contributed by atoms with van der Waals surface area (Å²) in [5, 5.41) is 17.5. The van der Waals surface area contributed by atoms with Crippen molar-refractivity contribution in [3.05, 3.63) is 88.7 Å². The molecule has 4 amide bonds. The second-order valence-electron chi connectivity index (χ2n) is 12.4. The fourth-order valence-electron chi connectivity index (χ4n) is 6.13. The van der Waals surface area contributed by atoms with Crippen LogP contribution in [0.1, 0.15) is 44.0 Å². The van der Waals surface area contributed by atoms with Crippen molar-refractivity contribution in [2.75, 3.05) is 6.54 Å². The number of nitrogens with zero attached hydrogens (tertiary/aromatic N) is 6. The van der Waals surface area contributed by atoms with Crippen LogP contribution in [0.15, 0.2) is 71.9 Å². The monoisotopic (exact) mass is 639 g/mol. The molecule has 0 aliphatic carbocycles. The molecule has 4 heterocycles. The van der Waals surface area contributed by atoms with Crippen molar-refractivity contribution >= 4 is 34.5 Å². The number of nitrogens with one attached hydrogen (secondary N) is 3. The minimum absolute atomic E-state index is 0.0413. The van der Waals surface area contributed by atoms with Gasteiger partial charge >= 0.3 is 0 Å². The quantitative estimate of drug-likeness (QED) is 0.277. The van der Waals surface area contributed by atoms with E-state index < -0.39 is 29.9 Å². The van der Waals surface area contributed by atoms with Gasteiger partial charge in [0, 0.05) is 32.4 Å². The SMILES string of the molecule is CC(C)[C@@H]1NC(=O)[C@@H]2C[C@@H](CN2C(=O)CCn2cnc3ccccc3c2=O)n2cc(nn2)CNC(=O)[C@@H](Cc2ccccc2)NC1=O. The fourth-order valence-corrected chi connectivity index (χ4v) is 6.13. The summed E-state index contributed by atoms with van der Waals surface area (Å²) in [6.45, 7) is 3.94. The van der Waals surface area contributed by atoms with Crippen LogP contribution in [0.4, 0.5) is 0 Å². The summed E-state index contributed by atoms with van der Waals surface area (Å²) < 4.78 is 3.00. The van der Waals surface area contributed by atoms with Crippen molar-refractivity contribution in [2.24, 2.45) is 5.92 Å². The standard InChI is InChI=1S/C33H37N9O5/c1-20(2)29-32(46)36-26(14-21-8-4-3-5-9-21)30(44)34-16-22-17-42(39-38-22)23-15-27(31(45)37-29)41(18-23)28(43)12-13-40-19-35-25-11-7-6-10-24(25)33(40)47/h3-11,17,19-20,23,26-27,29H,12-16,18H2,1-2H3,(H,34,44)(H,36,46)(H,37,45)/t23-,26+,27-,29-/m0/s1. The van der Waals surface area contributed by atoms with E-state index >= 15 is 0 Å². The average molecular weight is 640 g/mol. The summed E-state index contributed by atoms with van der Waals surface area (Å²) in [5.74, 6) is -2.02. The number of hydrogen-bond acceptors (Lipinski definition) is 8. The lowest BCUT2D eigenvalue weighted by Crippen LogP contribution is -2.58. The van der Waals surface area contributed by atoms with Crippen molar-refractivity contribution in [3.8, 4) is 0 Å². The zero-order chi connectivity index (χ0) is 33.1. The minimum Gasteiger partial charge on any atom is -0.349 e. The summed E-state index contributed by atoms with van der Waals surface area (Å²) in [6.07, 6.45) is 3.56. The van der Waals surface area contributed by atoms with Crippen LogP contribution in [0, 0.1) is 5.92 Å². The molecular formula is C33H37N9O5. The molecule has 0 saturated carbocycles. The smallest absolute Gasteiger partial charge is 0.261 e. The molecule has 2 aromatic carbocycles. The lowest BCUT2D eigenvalue weighted by Gasteiger charge is -2.29. The molecule has 1 fully saturated rings. The van der Waals surface area contributed by atoms with Gasteiger partial charge in [-0.15, -0.1) is 5.10 Å². The third-order valence-corrected chi connectivity index (χ3v) is 8.74. The van der Waals surface area contributed by atoms with Gasteiger partial charge in [0.1, 0.15) is 23.8 Å². The zero-order valence-electron chi connectivity index (χ0n) is 26.2. The first-order valence-corrected chi connectivity index (χ1v) is 15.7. The predicted octanol–water partition coefficient (Wildman–Crippen LogP) is 0.718. The van der Waals surface area contributed by atoms with E-state index in [1.807, 2.05) is 30.3 Å². The highest BCUT2D eigenvalue weighted by atomic mass is 16.2. The van der Waals surface area contributed by atoms with E-state index in [9.17, 15) is 24.0 Å². The van der Waals surface area contributed by atoms with Crippen molar-refractivity contribution in [1.82, 2.24) is 45.4 Å². The van der Waals surface area contributed by atoms with Crippen LogP contribution in [0.5, 0.6) is 0 Å². The predicted molar refractivity (Wildman–Crippen MR) is 170 cm³/mol. The molecule has 2 aliphatic rings. The molecule has 4 atom stereocenters. The van der Waals surface area contributed by atoms with Crippen LogP contribution in [-0.2, 0) is 38.7 Å². The average Bonchev–Trinajstić information content (AvgIpc) is 3.73. The van der Waals surface area contributed by atoms with Crippen LogP contribution < -0.4 is 21.5 Å². The number of para-hydroxylation sites is 1. The van der Waals surface area contributed by atoms with Crippen LogP contribution in [0.25, 0.3) is 10.9 Å². The molecule has 0 radical (unpaired) electrons. The Balaban J connectivity index is 1.25. The van der Waals surface area contributed by atoms with Gasteiger partial charge in [-0.25, -0.2) is 9.67 Å². The Bertz CT molecular complexity index is 1850. The van der Waals surface area contributed by atoms with Crippen molar-refractivity contribution in [1.29, 1.82) is 0 Å². The maximum absolute atomic E-state index is 13.9. The number of carbonyl (C=O) groups is 4. The molecule has 244 valence electrons. The highest BCUT2D eigenvalue weighted by molar-refractivity contribution is 5.94. The molecule has 0 unspecified atom stereocenters. The number of aromatic nitrogens is 5. The van der Waals surface area contributed by atoms with Gasteiger partial charge < -0.3 is 20.9 Å². The third-order valence-electron chi connectivity index (χ3n) is 8.74. The molecule has 1 saturated heterocycles. The van der Waals surface area contributed by atoms with E-state index in [0.717, 1.165) is 5.56 Å². The van der Waals surface area contributed by atoms with Gasteiger partial charge in [-0.2, -0.15) is 0 Å². The van der Waals surface area contributed by atoms with Crippen LogP contribution in [-0.4, -0.2) is 77.7 Å². The number of amides is 4. The van der Waals surface area contributed by atoms with Gasteiger partial charge in [0.05, 0.1) is 36.0 Å². The second-order valence-corrected chi connectivity index (χ2v) is 12.4. The molecule has 2 aromatic heterocycles. The van der Waals surface area contributed by atoms with Crippen LogP contribution in [0.2, 0.25) is 0 Å². The van der Waals surface area contributed by atoms with Gasteiger partial charge in [-0.05, 0) is 23.6 Å². The normalized spacial score (nSPS) is 21.9. The number of benzene rings is 2. The van der Waals surface area contributed by atoms with Crippen LogP contribution >= 0.6 is 0 Å². The summed E-state index contributed by atoms with van der Waals surface area (Å²) in [6, 6.07) is 13.2. The lowest BCUT2D eigenvalue weighted by molar-refractivity contribution is -0.140. The fraction of sp³-hybridized carbons (Fsp3) is 0.394. The first kappa shape index (κ1) is 31.6. The Morgan fingerprint density at radius 2 is 1.72 bits per heavy atom. The Morgan fingerprint density at radius 3 is 2.51 bits per heavy atom. The first-order valence-electron chi connectivity index (χ1n) is 15.7. The Hall–Kier alpha value is -5.40. The molecular weight excluding hydrogens is 602 g/mol. The summed E-state index contributed by atoms with van der Waals surface area (Å²) in [4.78, 5) is 73.4. The largest absolute Gasteiger partial charge is 0.349 e. The van der Waals surface area contributed by atoms with E-state index in [4.69, 9.17) is 0 Å². The topological polar surface area (TPSA) is 173 Å². The van der Waals surface area contributed by atoms with Crippen molar-refractivity contribution in [3.63, 3.8) is 0 Å². The number of aryl methyl sites for hydroxylation is 1. The van der Waals surface area contributed by atoms with Gasteiger partial charge in [-0.3, -0.25) is 28.5 Å². The van der Waals surface area contributed by atoms with Gasteiger partial charge in [0.25, 0.3) is 5.56 Å². The highest BCUT2D eigenvalue weighted by Crippen LogP contribution is 2.28. The molecule has 0 spiro atoms. The van der Waals surface area contributed by atoms with Gasteiger partial charge in [-0.1, -0.05) is 61.5 Å². The Morgan fingerprint density at radius 1 is 0.957 bits per heavy atom. The molecule has 3 N–H and O–H groups in total. The number of likely N-dealkylation sites (tertiary alicyclic amines) is 1. The maximum atomic E-state index is 13.9. The summed E-state index contributed by atoms with van der Waals surface area (Å²) >= 11 is 0. The third kappa shape index (κ3) is 6.90. The number of rotatable bonds is 6. The second kappa shape index (κ2) is 13.5. The minimum atomic E-state index is -0.964. The van der Waals surface area contributed by atoms with Gasteiger partial charge in [0.15, 0.2) is 0 Å². The van der Waals surface area contributed by atoms with E-state index in [1.165, 1.54) is 15.8 Å². The van der Waals surface area contributed by atoms with E-state index in [-0.39, 0.29) is 68.2 Å². The molecule has 14 nitrogen and oxygen atoms in total. The molecule has 47 heavy (non-hydrogen) atoms. The van der Waals surface area contributed by atoms with Crippen LogP contribution in [0.3, 0.4) is 0 Å². The zero-order valence-corrected chi connectivity index (χ0v) is 26.2. The highest BCUT2D eigenvalue weighted by Gasteiger charge is 2.42. The lowest BCUT2D eigenvalue weighted by atomic mass is 10.00.